The zero-order valence-corrected chi connectivity index (χ0v) is 12.6. The van der Waals surface area contributed by atoms with Crippen molar-refractivity contribution in [2.45, 2.75) is 38.1 Å². The van der Waals surface area contributed by atoms with E-state index in [1.165, 1.54) is 0 Å². The minimum absolute atomic E-state index is 0.0587. The molecule has 2 rings (SSSR count). The molecule has 1 aliphatic heterocycles. The number of hydrogen-bond acceptors (Lipinski definition) is 3. The van der Waals surface area contributed by atoms with Crippen LogP contribution in [-0.2, 0) is 11.8 Å². The second-order valence-corrected chi connectivity index (χ2v) is 5.43. The fourth-order valence-electron chi connectivity index (χ4n) is 3.15. The van der Waals surface area contributed by atoms with Crippen LogP contribution in [0, 0.1) is 0 Å². The van der Waals surface area contributed by atoms with Crippen molar-refractivity contribution in [3.05, 3.63) is 12.3 Å². The first-order valence-electron chi connectivity index (χ1n) is 7.18. The number of carbonyl (C=O) groups excluding carboxylic acids is 1. The molecule has 6 nitrogen and oxygen atoms in total. The Hall–Kier alpha value is -1.56. The second-order valence-electron chi connectivity index (χ2n) is 5.43. The smallest absolute Gasteiger partial charge is 0.323 e. The van der Waals surface area contributed by atoms with Gasteiger partial charge in [0, 0.05) is 26.8 Å². The monoisotopic (exact) mass is 280 g/mol. The first-order chi connectivity index (χ1) is 9.63. The molecule has 0 saturated carbocycles. The number of ether oxygens (including phenoxy) is 1. The summed E-state index contributed by atoms with van der Waals surface area (Å²) in [6.07, 6.45) is 5.72. The van der Waals surface area contributed by atoms with Crippen LogP contribution in [0.5, 0.6) is 0 Å². The highest BCUT2D eigenvalue weighted by molar-refractivity contribution is 5.89. The van der Waals surface area contributed by atoms with Gasteiger partial charge in [0.05, 0.1) is 18.3 Å². The van der Waals surface area contributed by atoms with Gasteiger partial charge in [-0.2, -0.15) is 5.10 Å². The van der Waals surface area contributed by atoms with Gasteiger partial charge in [-0.15, -0.1) is 0 Å². The van der Waals surface area contributed by atoms with Gasteiger partial charge in [0.1, 0.15) is 5.82 Å². The molecule has 1 N–H and O–H groups in total. The molecule has 1 aromatic heterocycles. The van der Waals surface area contributed by atoms with E-state index in [1.54, 1.807) is 24.1 Å². The summed E-state index contributed by atoms with van der Waals surface area (Å²) in [6.45, 7) is 3.53. The number of nitrogens with one attached hydrogen (secondary N) is 1. The lowest BCUT2D eigenvalue weighted by Crippen LogP contribution is -2.52. The van der Waals surface area contributed by atoms with Crippen molar-refractivity contribution in [2.75, 3.05) is 25.6 Å². The number of methoxy groups -OCH3 is 1. The van der Waals surface area contributed by atoms with Gasteiger partial charge in [0.15, 0.2) is 0 Å². The summed E-state index contributed by atoms with van der Waals surface area (Å²) >= 11 is 0. The molecular formula is C14H24N4O2. The summed E-state index contributed by atoms with van der Waals surface area (Å²) in [6, 6.07) is 1.74. The average Bonchev–Trinajstić information content (AvgIpc) is 2.98. The highest BCUT2D eigenvalue weighted by Crippen LogP contribution is 2.34. The summed E-state index contributed by atoms with van der Waals surface area (Å²) in [4.78, 5) is 14.5. The van der Waals surface area contributed by atoms with E-state index in [2.05, 4.69) is 17.3 Å². The standard InChI is InChI=1S/C14H24N4O2/c1-4-7-14(11-20-3)8-5-10-18(14)13(19)16-12-6-9-15-17(12)2/h6,9H,4-5,7-8,10-11H2,1-3H3,(H,16,19)/t14-/m1/s1. The molecule has 2 heterocycles. The van der Waals surface area contributed by atoms with Crippen LogP contribution in [0.25, 0.3) is 0 Å². The van der Waals surface area contributed by atoms with Gasteiger partial charge < -0.3 is 9.64 Å². The molecule has 6 heteroatoms. The fraction of sp³-hybridized carbons (Fsp3) is 0.714. The first kappa shape index (κ1) is 14.8. The molecular weight excluding hydrogens is 256 g/mol. The van der Waals surface area contributed by atoms with Gasteiger partial charge in [-0.1, -0.05) is 13.3 Å². The van der Waals surface area contributed by atoms with Crippen LogP contribution in [-0.4, -0.2) is 46.5 Å². The van der Waals surface area contributed by atoms with E-state index in [-0.39, 0.29) is 11.6 Å². The number of anilines is 1. The van der Waals surface area contributed by atoms with Crippen LogP contribution >= 0.6 is 0 Å². The minimum Gasteiger partial charge on any atom is -0.382 e. The Balaban J connectivity index is 2.12. The van der Waals surface area contributed by atoms with E-state index in [0.717, 1.165) is 32.2 Å². The van der Waals surface area contributed by atoms with Crippen LogP contribution in [0.15, 0.2) is 12.3 Å². The van der Waals surface area contributed by atoms with Gasteiger partial charge in [-0.05, 0) is 19.3 Å². The van der Waals surface area contributed by atoms with Crippen molar-refractivity contribution in [1.82, 2.24) is 14.7 Å². The van der Waals surface area contributed by atoms with Crippen LogP contribution in [0.3, 0.4) is 0 Å². The normalized spacial score (nSPS) is 22.2. The maximum Gasteiger partial charge on any atom is 0.323 e. The van der Waals surface area contributed by atoms with Gasteiger partial charge in [0.25, 0.3) is 0 Å². The van der Waals surface area contributed by atoms with Crippen LogP contribution in [0.1, 0.15) is 32.6 Å². The third-order valence-corrected chi connectivity index (χ3v) is 4.03. The van der Waals surface area contributed by atoms with Crippen LogP contribution in [0.2, 0.25) is 0 Å². The molecule has 1 fully saturated rings. The molecule has 1 aliphatic rings. The summed E-state index contributed by atoms with van der Waals surface area (Å²) in [7, 11) is 3.51. The quantitative estimate of drug-likeness (QED) is 0.899. The van der Waals surface area contributed by atoms with E-state index < -0.39 is 0 Å². The van der Waals surface area contributed by atoms with Crippen LogP contribution < -0.4 is 5.32 Å². The molecule has 2 amide bonds. The predicted octanol–water partition coefficient (Wildman–Crippen LogP) is 2.23. The fourth-order valence-corrected chi connectivity index (χ4v) is 3.15. The Labute approximate surface area is 120 Å². The number of hydrogen-bond donors (Lipinski definition) is 1. The summed E-state index contributed by atoms with van der Waals surface area (Å²) in [5.41, 5.74) is -0.161. The Kier molecular flexibility index (Phi) is 4.65. The predicted molar refractivity (Wildman–Crippen MR) is 77.7 cm³/mol. The van der Waals surface area contributed by atoms with Crippen molar-refractivity contribution < 1.29 is 9.53 Å². The molecule has 0 bridgehead atoms. The topological polar surface area (TPSA) is 59.4 Å². The van der Waals surface area contributed by atoms with Gasteiger partial charge >= 0.3 is 6.03 Å². The molecule has 20 heavy (non-hydrogen) atoms. The van der Waals surface area contributed by atoms with Gasteiger partial charge in [-0.3, -0.25) is 10.00 Å². The van der Waals surface area contributed by atoms with E-state index in [0.29, 0.717) is 12.4 Å². The van der Waals surface area contributed by atoms with Crippen molar-refractivity contribution >= 4 is 11.8 Å². The summed E-state index contributed by atoms with van der Waals surface area (Å²) in [5, 5.41) is 7.00. The highest BCUT2D eigenvalue weighted by atomic mass is 16.5. The number of rotatable bonds is 5. The third-order valence-electron chi connectivity index (χ3n) is 4.03. The maximum absolute atomic E-state index is 12.5. The first-order valence-corrected chi connectivity index (χ1v) is 7.18. The number of nitrogens with zero attached hydrogens (tertiary/aromatic N) is 3. The number of aryl methyl sites for hydroxylation is 1. The lowest BCUT2D eigenvalue weighted by Gasteiger charge is -2.38. The minimum atomic E-state index is -0.161. The third kappa shape index (κ3) is 2.80. The van der Waals surface area contributed by atoms with E-state index in [9.17, 15) is 4.79 Å². The number of likely N-dealkylation sites (tertiary alicyclic amines) is 1. The lowest BCUT2D eigenvalue weighted by atomic mass is 9.91. The van der Waals surface area contributed by atoms with Crippen molar-refractivity contribution in [1.29, 1.82) is 0 Å². The number of urea groups is 1. The molecule has 1 aromatic rings. The molecule has 0 aromatic carbocycles. The number of carbonyl (C=O) groups is 1. The van der Waals surface area contributed by atoms with Crippen molar-refractivity contribution in [2.24, 2.45) is 7.05 Å². The van der Waals surface area contributed by atoms with Crippen molar-refractivity contribution in [3.63, 3.8) is 0 Å². The zero-order chi connectivity index (χ0) is 14.6. The Morgan fingerprint density at radius 3 is 3.00 bits per heavy atom. The molecule has 0 aliphatic carbocycles. The second kappa shape index (κ2) is 6.26. The molecule has 0 spiro atoms. The highest BCUT2D eigenvalue weighted by Gasteiger charge is 2.43. The Morgan fingerprint density at radius 2 is 2.40 bits per heavy atom. The molecule has 1 saturated heterocycles. The number of aromatic nitrogens is 2. The maximum atomic E-state index is 12.5. The zero-order valence-electron chi connectivity index (χ0n) is 12.6. The summed E-state index contributed by atoms with van der Waals surface area (Å²) < 4.78 is 7.04. The van der Waals surface area contributed by atoms with E-state index in [4.69, 9.17) is 4.74 Å². The molecule has 112 valence electrons. The van der Waals surface area contributed by atoms with E-state index >= 15 is 0 Å². The lowest BCUT2D eigenvalue weighted by molar-refractivity contribution is 0.0539. The largest absolute Gasteiger partial charge is 0.382 e. The van der Waals surface area contributed by atoms with E-state index in [1.807, 2.05) is 11.9 Å². The van der Waals surface area contributed by atoms with Gasteiger partial charge in [0.2, 0.25) is 0 Å². The average molecular weight is 280 g/mol. The SMILES string of the molecule is CCC[C@]1(COC)CCCN1C(=O)Nc1ccnn1C. The molecule has 0 radical (unpaired) electrons. The van der Waals surface area contributed by atoms with Gasteiger partial charge in [-0.25, -0.2) is 4.79 Å². The Bertz CT molecular complexity index is 452. The summed E-state index contributed by atoms with van der Waals surface area (Å²) in [5.74, 6) is 0.713. The molecule has 0 unspecified atom stereocenters. The number of amides is 2. The Morgan fingerprint density at radius 1 is 1.60 bits per heavy atom. The van der Waals surface area contributed by atoms with Crippen LogP contribution in [0.4, 0.5) is 10.6 Å². The van der Waals surface area contributed by atoms with Crippen molar-refractivity contribution in [3.8, 4) is 0 Å². The molecule has 1 atom stereocenters.